The molecule has 2 amide bonds. The Morgan fingerprint density at radius 3 is 2.58 bits per heavy atom. The predicted molar refractivity (Wildman–Crippen MR) is 127 cm³/mol. The number of carbonyl (C=O) groups is 2. The summed E-state index contributed by atoms with van der Waals surface area (Å²) in [6.45, 7) is 3.61. The van der Waals surface area contributed by atoms with Gasteiger partial charge in [0, 0.05) is 18.3 Å². The van der Waals surface area contributed by atoms with Crippen LogP contribution < -0.4 is 10.2 Å². The lowest BCUT2D eigenvalue weighted by Gasteiger charge is -2.46. The summed E-state index contributed by atoms with van der Waals surface area (Å²) < 4.78 is 18.5. The van der Waals surface area contributed by atoms with Crippen LogP contribution in [0.5, 0.6) is 0 Å². The van der Waals surface area contributed by atoms with Crippen molar-refractivity contribution in [1.82, 2.24) is 0 Å². The highest BCUT2D eigenvalue weighted by molar-refractivity contribution is 6.30. The van der Waals surface area contributed by atoms with E-state index in [0.717, 1.165) is 29.7 Å². The number of anilines is 2. The van der Waals surface area contributed by atoms with Gasteiger partial charge in [-0.2, -0.15) is 0 Å². The minimum Gasteiger partial charge on any atom is -0.444 e. The van der Waals surface area contributed by atoms with Gasteiger partial charge in [0.25, 0.3) is 0 Å². The lowest BCUT2D eigenvalue weighted by molar-refractivity contribution is -0.118. The predicted octanol–water partition coefficient (Wildman–Crippen LogP) is 6.44. The van der Waals surface area contributed by atoms with Crippen molar-refractivity contribution < 1.29 is 18.7 Å². The Bertz CT molecular complexity index is 1200. The minimum atomic E-state index is -0.635. The number of hydrogen-bond acceptors (Lipinski definition) is 3. The summed E-state index contributed by atoms with van der Waals surface area (Å²) in [5, 5.41) is 2.69. The number of amides is 2. The largest absolute Gasteiger partial charge is 0.444 e. The van der Waals surface area contributed by atoms with Gasteiger partial charge < -0.3 is 9.64 Å². The Kier molecular flexibility index (Phi) is 6.38. The van der Waals surface area contributed by atoms with E-state index in [2.05, 4.69) is 12.2 Å². The molecule has 3 aromatic carbocycles. The summed E-state index contributed by atoms with van der Waals surface area (Å²) in [5.41, 5.74) is 3.59. The van der Waals surface area contributed by atoms with E-state index in [4.69, 9.17) is 16.3 Å². The van der Waals surface area contributed by atoms with Gasteiger partial charge in [-0.1, -0.05) is 48.0 Å². The van der Waals surface area contributed by atoms with E-state index in [1.807, 2.05) is 47.4 Å². The van der Waals surface area contributed by atoms with E-state index in [1.165, 1.54) is 18.2 Å². The molecule has 0 bridgehead atoms. The SMILES string of the molecule is CC(=O)N1c2ccc(NC(=O)OCc3ccc(F)c(Cl)c3)cc2CCC1(C)c1ccccc1. The smallest absolute Gasteiger partial charge is 0.411 e. The van der Waals surface area contributed by atoms with Crippen molar-refractivity contribution in [2.75, 3.05) is 10.2 Å². The van der Waals surface area contributed by atoms with Crippen LogP contribution in [0.25, 0.3) is 0 Å². The van der Waals surface area contributed by atoms with Crippen molar-refractivity contribution in [1.29, 1.82) is 0 Å². The second kappa shape index (κ2) is 9.24. The second-order valence-electron chi connectivity index (χ2n) is 8.29. The first kappa shape index (κ1) is 22.8. The molecule has 1 heterocycles. The van der Waals surface area contributed by atoms with Gasteiger partial charge in [-0.15, -0.1) is 0 Å². The molecule has 1 N–H and O–H groups in total. The lowest BCUT2D eigenvalue weighted by Crippen LogP contribution is -2.50. The number of fused-ring (bicyclic) bond motifs is 1. The molecule has 1 atom stereocenters. The highest BCUT2D eigenvalue weighted by Crippen LogP contribution is 2.43. The summed E-state index contributed by atoms with van der Waals surface area (Å²) in [7, 11) is 0. The molecule has 170 valence electrons. The third-order valence-corrected chi connectivity index (χ3v) is 6.30. The average Bonchev–Trinajstić information content (AvgIpc) is 2.80. The fourth-order valence-electron chi connectivity index (χ4n) is 4.36. The van der Waals surface area contributed by atoms with E-state index < -0.39 is 17.4 Å². The van der Waals surface area contributed by atoms with Crippen molar-refractivity contribution in [3.8, 4) is 0 Å². The van der Waals surface area contributed by atoms with Crippen LogP contribution in [0, 0.1) is 5.82 Å². The average molecular weight is 467 g/mol. The van der Waals surface area contributed by atoms with E-state index in [1.54, 1.807) is 13.0 Å². The molecule has 1 unspecified atom stereocenters. The molecule has 0 aliphatic carbocycles. The van der Waals surface area contributed by atoms with Crippen molar-refractivity contribution in [2.45, 2.75) is 38.8 Å². The first-order chi connectivity index (χ1) is 15.8. The van der Waals surface area contributed by atoms with E-state index in [-0.39, 0.29) is 17.5 Å². The number of nitrogens with one attached hydrogen (secondary N) is 1. The van der Waals surface area contributed by atoms with Gasteiger partial charge in [0.1, 0.15) is 12.4 Å². The number of nitrogens with zero attached hydrogens (tertiary/aromatic N) is 1. The Hall–Kier alpha value is -3.38. The molecular formula is C26H24ClFN2O3. The number of carbonyl (C=O) groups excluding carboxylic acids is 2. The second-order valence-corrected chi connectivity index (χ2v) is 8.69. The fraction of sp³-hybridized carbons (Fsp3) is 0.231. The van der Waals surface area contributed by atoms with Gasteiger partial charge in [-0.25, -0.2) is 9.18 Å². The van der Waals surface area contributed by atoms with Crippen molar-refractivity contribution in [3.05, 3.63) is 94.3 Å². The summed E-state index contributed by atoms with van der Waals surface area (Å²) in [4.78, 5) is 26.8. The lowest BCUT2D eigenvalue weighted by atomic mass is 9.80. The molecule has 0 radical (unpaired) electrons. The van der Waals surface area contributed by atoms with Crippen LogP contribution in [-0.2, 0) is 28.1 Å². The highest BCUT2D eigenvalue weighted by atomic mass is 35.5. The Labute approximate surface area is 197 Å². The van der Waals surface area contributed by atoms with Gasteiger partial charge in [-0.05, 0) is 66.8 Å². The van der Waals surface area contributed by atoms with Crippen LogP contribution in [0.1, 0.15) is 37.0 Å². The maximum absolute atomic E-state index is 13.3. The number of benzene rings is 3. The minimum absolute atomic E-state index is 0.0243. The number of ether oxygens (including phenoxy) is 1. The van der Waals surface area contributed by atoms with Gasteiger partial charge in [0.15, 0.2) is 0 Å². The van der Waals surface area contributed by atoms with E-state index in [0.29, 0.717) is 11.3 Å². The standard InChI is InChI=1S/C26H24ClFN2O3/c1-17(31)30-24-11-9-21(29-25(32)33-16-18-8-10-23(28)22(27)14-18)15-19(24)12-13-26(30,2)20-6-4-3-5-7-20/h3-11,14-15H,12-13,16H2,1-2H3,(H,29,32). The van der Waals surface area contributed by atoms with Crippen LogP contribution in [0.4, 0.5) is 20.6 Å². The summed E-state index contributed by atoms with van der Waals surface area (Å²) >= 11 is 5.76. The first-order valence-electron chi connectivity index (χ1n) is 10.6. The Balaban J connectivity index is 1.50. The topological polar surface area (TPSA) is 58.6 Å². The molecule has 1 aliphatic heterocycles. The summed E-state index contributed by atoms with van der Waals surface area (Å²) in [6.07, 6.45) is 0.871. The molecular weight excluding hydrogens is 443 g/mol. The Morgan fingerprint density at radius 1 is 1.12 bits per heavy atom. The molecule has 3 aromatic rings. The number of aryl methyl sites for hydroxylation is 1. The van der Waals surface area contributed by atoms with E-state index in [9.17, 15) is 14.0 Å². The van der Waals surface area contributed by atoms with Gasteiger partial charge in [0.2, 0.25) is 5.91 Å². The molecule has 0 aromatic heterocycles. The zero-order chi connectivity index (χ0) is 23.6. The van der Waals surface area contributed by atoms with Crippen molar-refractivity contribution >= 4 is 35.0 Å². The highest BCUT2D eigenvalue weighted by Gasteiger charge is 2.40. The van der Waals surface area contributed by atoms with Gasteiger partial charge in [0.05, 0.1) is 10.6 Å². The monoisotopic (exact) mass is 466 g/mol. The maximum Gasteiger partial charge on any atom is 0.411 e. The Morgan fingerprint density at radius 2 is 1.88 bits per heavy atom. The van der Waals surface area contributed by atoms with Crippen molar-refractivity contribution in [3.63, 3.8) is 0 Å². The molecule has 0 saturated heterocycles. The molecule has 5 nitrogen and oxygen atoms in total. The summed E-state index contributed by atoms with van der Waals surface area (Å²) in [5.74, 6) is -0.567. The quantitative estimate of drug-likeness (QED) is 0.481. The third kappa shape index (κ3) is 4.71. The zero-order valence-electron chi connectivity index (χ0n) is 18.4. The van der Waals surface area contributed by atoms with Gasteiger partial charge >= 0.3 is 6.09 Å². The molecule has 33 heavy (non-hydrogen) atoms. The zero-order valence-corrected chi connectivity index (χ0v) is 19.2. The van der Waals surface area contributed by atoms with Crippen LogP contribution in [0.2, 0.25) is 5.02 Å². The molecule has 4 rings (SSSR count). The molecule has 0 fully saturated rings. The molecule has 0 spiro atoms. The summed E-state index contributed by atoms with van der Waals surface area (Å²) in [6, 6.07) is 19.6. The molecule has 7 heteroatoms. The number of halogens is 2. The normalized spacial score (nSPS) is 17.3. The first-order valence-corrected chi connectivity index (χ1v) is 11.0. The van der Waals surface area contributed by atoms with Crippen LogP contribution in [-0.4, -0.2) is 12.0 Å². The molecule has 0 saturated carbocycles. The van der Waals surface area contributed by atoms with Crippen molar-refractivity contribution in [2.24, 2.45) is 0 Å². The van der Waals surface area contributed by atoms with Crippen LogP contribution in [0.3, 0.4) is 0 Å². The third-order valence-electron chi connectivity index (χ3n) is 6.01. The maximum atomic E-state index is 13.3. The number of hydrogen-bond donors (Lipinski definition) is 1. The van der Waals surface area contributed by atoms with Crippen LogP contribution >= 0.6 is 11.6 Å². The fourth-order valence-corrected chi connectivity index (χ4v) is 4.56. The van der Waals surface area contributed by atoms with E-state index >= 15 is 0 Å². The van der Waals surface area contributed by atoms with Crippen LogP contribution in [0.15, 0.2) is 66.7 Å². The molecule has 1 aliphatic rings. The van der Waals surface area contributed by atoms with Gasteiger partial charge in [-0.3, -0.25) is 10.1 Å². The number of rotatable bonds is 4.